The fourth-order valence-electron chi connectivity index (χ4n) is 6.89. The number of carbonyl (C=O) groups is 2. The zero-order valence-electron chi connectivity index (χ0n) is 38.6. The summed E-state index contributed by atoms with van der Waals surface area (Å²) >= 11 is 0. The number of carbonyl (C=O) groups excluding carboxylic acids is 2. The Labute approximate surface area is 368 Å². The molecule has 0 aliphatic carbocycles. The Hall–Kier alpha value is -2.25. The molecule has 0 aromatic rings. The summed E-state index contributed by atoms with van der Waals surface area (Å²) < 4.78 is 26.5. The van der Waals surface area contributed by atoms with Gasteiger partial charge in [0.1, 0.15) is 6.61 Å². The minimum absolute atomic E-state index is 0.205. The van der Waals surface area contributed by atoms with Gasteiger partial charge in [0.15, 0.2) is 6.10 Å². The molecule has 0 heterocycles. The van der Waals surface area contributed by atoms with Crippen molar-refractivity contribution in [3.8, 4) is 0 Å². The van der Waals surface area contributed by atoms with E-state index in [1.807, 2.05) is 0 Å². The molecule has 0 fully saturated rings. The van der Waals surface area contributed by atoms with E-state index >= 15 is 0 Å². The number of esters is 2. The molecule has 8 nitrogen and oxygen atoms in total. The average molecular weight is 863 g/mol. The lowest BCUT2D eigenvalue weighted by Crippen LogP contribution is -2.29. The van der Waals surface area contributed by atoms with Crippen molar-refractivity contribution in [1.29, 1.82) is 0 Å². The molecule has 0 aliphatic rings. The molecule has 60 heavy (non-hydrogen) atoms. The van der Waals surface area contributed by atoms with Crippen molar-refractivity contribution in [2.75, 3.05) is 13.2 Å². The monoisotopic (exact) mass is 863 g/mol. The predicted octanol–water partition coefficient (Wildman–Crippen LogP) is 15.6. The first-order valence-corrected chi connectivity index (χ1v) is 26.1. The van der Waals surface area contributed by atoms with Crippen LogP contribution in [0.25, 0.3) is 0 Å². The molecule has 0 spiro atoms. The summed E-state index contributed by atoms with van der Waals surface area (Å²) in [5, 5.41) is 0. The van der Waals surface area contributed by atoms with Gasteiger partial charge in [0, 0.05) is 12.8 Å². The lowest BCUT2D eigenvalue weighted by molar-refractivity contribution is -0.161. The highest BCUT2D eigenvalue weighted by atomic mass is 31.2. The van der Waals surface area contributed by atoms with Gasteiger partial charge in [0.2, 0.25) is 0 Å². The molecule has 0 bridgehead atoms. The molecule has 9 heteroatoms. The van der Waals surface area contributed by atoms with E-state index in [9.17, 15) is 14.2 Å². The number of rotatable bonds is 45. The summed E-state index contributed by atoms with van der Waals surface area (Å²) in [7, 11) is -4.76. The highest BCUT2D eigenvalue weighted by Crippen LogP contribution is 2.36. The van der Waals surface area contributed by atoms with Crippen LogP contribution in [0.3, 0.4) is 0 Å². The number of hydrogen-bond acceptors (Lipinski definition) is 6. The normalized spacial score (nSPS) is 12.9. The van der Waals surface area contributed by atoms with Crippen LogP contribution in [0.5, 0.6) is 0 Å². The van der Waals surface area contributed by atoms with Gasteiger partial charge in [-0.25, -0.2) is 4.57 Å². The standard InChI is InChI=1S/C51H91O8P/c1-3-5-7-9-11-13-15-17-19-21-23-24-25-26-28-30-32-34-36-38-40-42-44-46-51(53)59-49(48-58-60(54,55)56)47-57-50(52)45-43-41-39-37-35-33-31-29-27-22-20-18-16-14-12-10-8-6-4-2/h5,7,11,13,17-20,23-24,49H,3-4,6,8-10,12,14-16,21-22,25-48H2,1-2H3,(H2,54,55,56)/b7-5-,13-11-,19-17-,20-18-,24-23-. The maximum absolute atomic E-state index is 12.5. The van der Waals surface area contributed by atoms with Gasteiger partial charge in [-0.1, -0.05) is 203 Å². The second-order valence-electron chi connectivity index (χ2n) is 16.4. The van der Waals surface area contributed by atoms with E-state index in [0.29, 0.717) is 6.42 Å². The van der Waals surface area contributed by atoms with Crippen molar-refractivity contribution in [3.63, 3.8) is 0 Å². The van der Waals surface area contributed by atoms with Crippen LogP contribution >= 0.6 is 7.82 Å². The van der Waals surface area contributed by atoms with E-state index in [-0.39, 0.29) is 19.4 Å². The Balaban J connectivity index is 3.85. The van der Waals surface area contributed by atoms with Crippen molar-refractivity contribution < 1.29 is 37.9 Å². The van der Waals surface area contributed by atoms with Crippen LogP contribution in [0.2, 0.25) is 0 Å². The summed E-state index contributed by atoms with van der Waals surface area (Å²) in [5.74, 6) is -0.888. The third-order valence-corrected chi connectivity index (χ3v) is 11.0. The van der Waals surface area contributed by atoms with E-state index in [2.05, 4.69) is 79.1 Å². The van der Waals surface area contributed by atoms with Gasteiger partial charge < -0.3 is 19.3 Å². The topological polar surface area (TPSA) is 119 Å². The van der Waals surface area contributed by atoms with Crippen LogP contribution in [0, 0.1) is 0 Å². The first-order valence-electron chi connectivity index (χ1n) is 24.6. The molecule has 0 aliphatic heterocycles. The molecule has 2 N–H and O–H groups in total. The lowest BCUT2D eigenvalue weighted by atomic mass is 10.0. The van der Waals surface area contributed by atoms with Crippen LogP contribution in [0.15, 0.2) is 60.8 Å². The van der Waals surface area contributed by atoms with Gasteiger partial charge in [-0.15, -0.1) is 0 Å². The number of ether oxygens (including phenoxy) is 2. The highest BCUT2D eigenvalue weighted by molar-refractivity contribution is 7.46. The average Bonchev–Trinajstić information content (AvgIpc) is 3.22. The summed E-state index contributed by atoms with van der Waals surface area (Å²) in [6.07, 6.45) is 59.4. The van der Waals surface area contributed by atoms with E-state index in [4.69, 9.17) is 19.3 Å². The summed E-state index contributed by atoms with van der Waals surface area (Å²) in [4.78, 5) is 43.1. The van der Waals surface area contributed by atoms with Gasteiger partial charge in [0.25, 0.3) is 0 Å². The van der Waals surface area contributed by atoms with Crippen LogP contribution in [0.4, 0.5) is 0 Å². The van der Waals surface area contributed by atoms with Crippen molar-refractivity contribution in [2.24, 2.45) is 0 Å². The van der Waals surface area contributed by atoms with Crippen LogP contribution in [0.1, 0.15) is 232 Å². The Bertz CT molecular complexity index is 1150. The Morgan fingerprint density at radius 3 is 1.22 bits per heavy atom. The quantitative estimate of drug-likeness (QED) is 0.0269. The number of phosphoric ester groups is 1. The summed E-state index contributed by atoms with van der Waals surface area (Å²) in [6.45, 7) is 3.59. The van der Waals surface area contributed by atoms with Crippen LogP contribution in [-0.2, 0) is 28.2 Å². The first kappa shape index (κ1) is 57.8. The lowest BCUT2D eigenvalue weighted by Gasteiger charge is -2.18. The van der Waals surface area contributed by atoms with Crippen LogP contribution < -0.4 is 0 Å². The molecule has 0 rings (SSSR count). The highest BCUT2D eigenvalue weighted by Gasteiger charge is 2.23. The smallest absolute Gasteiger partial charge is 0.462 e. The number of allylic oxidation sites excluding steroid dienone is 10. The van der Waals surface area contributed by atoms with Gasteiger partial charge in [0.05, 0.1) is 6.61 Å². The Morgan fingerprint density at radius 1 is 0.450 bits per heavy atom. The zero-order valence-corrected chi connectivity index (χ0v) is 39.5. The van der Waals surface area contributed by atoms with Crippen molar-refractivity contribution in [1.82, 2.24) is 0 Å². The molecule has 0 radical (unpaired) electrons. The molecule has 1 unspecified atom stereocenters. The van der Waals surface area contributed by atoms with Crippen molar-refractivity contribution >= 4 is 19.8 Å². The Kier molecular flexibility index (Phi) is 44.5. The summed E-state index contributed by atoms with van der Waals surface area (Å²) in [6, 6.07) is 0. The van der Waals surface area contributed by atoms with E-state index in [1.54, 1.807) is 0 Å². The minimum Gasteiger partial charge on any atom is -0.462 e. The van der Waals surface area contributed by atoms with E-state index in [1.165, 1.54) is 128 Å². The molecule has 0 saturated heterocycles. The number of unbranched alkanes of at least 4 members (excludes halogenated alkanes) is 25. The molecule has 0 aromatic carbocycles. The SMILES string of the molecule is CC/C=C\C/C=C\C/C=C\C/C=C\CCCCCCCCCCCCC(=O)OC(COC(=O)CCCCCCCCCCC/C=C\CCCCCCCC)COP(=O)(O)O. The first-order chi connectivity index (χ1) is 29.3. The molecule has 0 aromatic heterocycles. The van der Waals surface area contributed by atoms with Gasteiger partial charge >= 0.3 is 19.8 Å². The third-order valence-electron chi connectivity index (χ3n) is 10.5. The minimum atomic E-state index is -4.76. The second-order valence-corrected chi connectivity index (χ2v) is 17.6. The molecule has 0 amide bonds. The van der Waals surface area contributed by atoms with E-state index in [0.717, 1.165) is 70.6 Å². The second kappa shape index (κ2) is 46.3. The van der Waals surface area contributed by atoms with Gasteiger partial charge in [-0.2, -0.15) is 0 Å². The fourth-order valence-corrected chi connectivity index (χ4v) is 7.25. The van der Waals surface area contributed by atoms with Gasteiger partial charge in [-0.3, -0.25) is 14.1 Å². The van der Waals surface area contributed by atoms with Gasteiger partial charge in [-0.05, 0) is 77.0 Å². The maximum Gasteiger partial charge on any atom is 0.469 e. The number of hydrogen-bond donors (Lipinski definition) is 2. The molecule has 348 valence electrons. The number of phosphoric acid groups is 1. The van der Waals surface area contributed by atoms with Crippen molar-refractivity contribution in [2.45, 2.75) is 238 Å². The largest absolute Gasteiger partial charge is 0.469 e. The summed E-state index contributed by atoms with van der Waals surface area (Å²) in [5.41, 5.74) is 0. The molecular weight excluding hydrogens is 772 g/mol. The predicted molar refractivity (Wildman–Crippen MR) is 253 cm³/mol. The Morgan fingerprint density at radius 2 is 0.800 bits per heavy atom. The van der Waals surface area contributed by atoms with Crippen molar-refractivity contribution in [3.05, 3.63) is 60.8 Å². The third kappa shape index (κ3) is 48.4. The zero-order chi connectivity index (χ0) is 43.9. The molecule has 0 saturated carbocycles. The fraction of sp³-hybridized carbons (Fsp3) is 0.765. The van der Waals surface area contributed by atoms with E-state index < -0.39 is 32.5 Å². The molecule has 1 atom stereocenters. The van der Waals surface area contributed by atoms with Crippen LogP contribution in [-0.4, -0.2) is 41.0 Å². The molecular formula is C51H91O8P. The maximum atomic E-state index is 12.5.